The number of aliphatic carboxylic acids is 1. The minimum Gasteiger partial charge on any atom is -0.481 e. The molecular formula is C14H19Cl2NO2. The van der Waals surface area contributed by atoms with Gasteiger partial charge in [0.15, 0.2) is 0 Å². The van der Waals surface area contributed by atoms with Gasteiger partial charge in [0.25, 0.3) is 0 Å². The van der Waals surface area contributed by atoms with Crippen LogP contribution in [0.1, 0.15) is 31.7 Å². The fourth-order valence-corrected chi connectivity index (χ4v) is 2.34. The summed E-state index contributed by atoms with van der Waals surface area (Å²) in [7, 11) is 0. The fraction of sp³-hybridized carbons (Fsp3) is 0.500. The van der Waals surface area contributed by atoms with Gasteiger partial charge < -0.3 is 10.4 Å². The van der Waals surface area contributed by atoms with Crippen LogP contribution in [0.15, 0.2) is 18.2 Å². The average molecular weight is 304 g/mol. The van der Waals surface area contributed by atoms with Crippen molar-refractivity contribution in [1.29, 1.82) is 0 Å². The maximum Gasteiger partial charge on any atom is 0.303 e. The predicted octanol–water partition coefficient (Wildman–Crippen LogP) is 3.77. The van der Waals surface area contributed by atoms with E-state index in [1.54, 1.807) is 6.07 Å². The zero-order valence-corrected chi connectivity index (χ0v) is 12.5. The van der Waals surface area contributed by atoms with E-state index in [-0.39, 0.29) is 6.42 Å². The van der Waals surface area contributed by atoms with E-state index in [4.69, 9.17) is 28.3 Å². The van der Waals surface area contributed by atoms with Gasteiger partial charge in [0.2, 0.25) is 0 Å². The van der Waals surface area contributed by atoms with Gasteiger partial charge in [0.05, 0.1) is 0 Å². The molecule has 0 fully saturated rings. The number of benzene rings is 1. The molecule has 0 heterocycles. The van der Waals surface area contributed by atoms with Crippen molar-refractivity contribution in [2.75, 3.05) is 6.54 Å². The number of hydrogen-bond donors (Lipinski definition) is 2. The van der Waals surface area contributed by atoms with Gasteiger partial charge in [-0.25, -0.2) is 0 Å². The minimum atomic E-state index is -0.754. The van der Waals surface area contributed by atoms with E-state index >= 15 is 0 Å². The SMILES string of the molecule is CCC(Cc1ccc(Cl)cc1Cl)NCCCC(=O)O. The van der Waals surface area contributed by atoms with E-state index in [0.29, 0.717) is 29.1 Å². The maximum atomic E-state index is 10.4. The van der Waals surface area contributed by atoms with Crippen LogP contribution in [0.5, 0.6) is 0 Å². The third kappa shape index (κ3) is 6.28. The number of carbonyl (C=O) groups is 1. The number of nitrogens with one attached hydrogen (secondary N) is 1. The van der Waals surface area contributed by atoms with E-state index in [0.717, 1.165) is 18.4 Å². The lowest BCUT2D eigenvalue weighted by Gasteiger charge is -2.17. The number of hydrogen-bond acceptors (Lipinski definition) is 2. The molecule has 0 radical (unpaired) electrons. The van der Waals surface area contributed by atoms with Gasteiger partial charge in [0, 0.05) is 22.5 Å². The molecule has 0 aliphatic rings. The summed E-state index contributed by atoms with van der Waals surface area (Å²) in [5.74, 6) is -0.754. The summed E-state index contributed by atoms with van der Waals surface area (Å²) in [6, 6.07) is 5.81. The second-order valence-corrected chi connectivity index (χ2v) is 5.34. The smallest absolute Gasteiger partial charge is 0.303 e. The lowest BCUT2D eigenvalue weighted by Crippen LogP contribution is -2.31. The Morgan fingerprint density at radius 2 is 2.16 bits per heavy atom. The summed E-state index contributed by atoms with van der Waals surface area (Å²) >= 11 is 12.0. The van der Waals surface area contributed by atoms with E-state index in [1.165, 1.54) is 0 Å². The van der Waals surface area contributed by atoms with Gasteiger partial charge in [0.1, 0.15) is 0 Å². The van der Waals surface area contributed by atoms with E-state index in [2.05, 4.69) is 12.2 Å². The van der Waals surface area contributed by atoms with Crippen molar-refractivity contribution in [3.63, 3.8) is 0 Å². The number of rotatable bonds is 8. The molecule has 0 amide bonds. The quantitative estimate of drug-likeness (QED) is 0.719. The van der Waals surface area contributed by atoms with Crippen molar-refractivity contribution < 1.29 is 9.90 Å². The van der Waals surface area contributed by atoms with Crippen LogP contribution in [0.25, 0.3) is 0 Å². The first kappa shape index (κ1) is 16.3. The van der Waals surface area contributed by atoms with Crippen molar-refractivity contribution in [3.8, 4) is 0 Å². The monoisotopic (exact) mass is 303 g/mol. The van der Waals surface area contributed by atoms with Gasteiger partial charge in [-0.1, -0.05) is 36.2 Å². The van der Waals surface area contributed by atoms with Crippen LogP contribution in [0, 0.1) is 0 Å². The first-order valence-electron chi connectivity index (χ1n) is 6.42. The second-order valence-electron chi connectivity index (χ2n) is 4.50. The molecule has 0 spiro atoms. The molecule has 0 aliphatic carbocycles. The molecule has 0 bridgehead atoms. The zero-order chi connectivity index (χ0) is 14.3. The first-order valence-corrected chi connectivity index (χ1v) is 7.17. The van der Waals surface area contributed by atoms with Gasteiger partial charge in [-0.3, -0.25) is 4.79 Å². The van der Waals surface area contributed by atoms with E-state index in [1.807, 2.05) is 12.1 Å². The lowest BCUT2D eigenvalue weighted by atomic mass is 10.0. The van der Waals surface area contributed by atoms with Crippen LogP contribution in [0.3, 0.4) is 0 Å². The Morgan fingerprint density at radius 1 is 1.42 bits per heavy atom. The average Bonchev–Trinajstić information content (AvgIpc) is 2.35. The van der Waals surface area contributed by atoms with Crippen LogP contribution < -0.4 is 5.32 Å². The van der Waals surface area contributed by atoms with Gasteiger partial charge in [-0.15, -0.1) is 0 Å². The van der Waals surface area contributed by atoms with Crippen molar-refractivity contribution in [2.45, 2.75) is 38.6 Å². The molecule has 1 aromatic rings. The number of halogens is 2. The highest BCUT2D eigenvalue weighted by Crippen LogP contribution is 2.22. The Bertz CT molecular complexity index is 424. The van der Waals surface area contributed by atoms with Crippen LogP contribution in [-0.4, -0.2) is 23.7 Å². The Hall–Kier alpha value is -0.770. The Morgan fingerprint density at radius 3 is 2.74 bits per heavy atom. The normalized spacial score (nSPS) is 12.4. The topological polar surface area (TPSA) is 49.3 Å². The lowest BCUT2D eigenvalue weighted by molar-refractivity contribution is -0.137. The van der Waals surface area contributed by atoms with Crippen LogP contribution >= 0.6 is 23.2 Å². The van der Waals surface area contributed by atoms with Crippen molar-refractivity contribution in [1.82, 2.24) is 5.32 Å². The number of carboxylic acid groups (broad SMARTS) is 1. The van der Waals surface area contributed by atoms with E-state index < -0.39 is 5.97 Å². The van der Waals surface area contributed by atoms with Gasteiger partial charge >= 0.3 is 5.97 Å². The largest absolute Gasteiger partial charge is 0.481 e. The third-order valence-electron chi connectivity index (χ3n) is 2.97. The summed E-state index contributed by atoms with van der Waals surface area (Å²) in [5.41, 5.74) is 1.06. The highest BCUT2D eigenvalue weighted by atomic mass is 35.5. The minimum absolute atomic E-state index is 0.200. The molecule has 106 valence electrons. The van der Waals surface area contributed by atoms with Crippen LogP contribution in [0.4, 0.5) is 0 Å². The third-order valence-corrected chi connectivity index (χ3v) is 3.56. The van der Waals surface area contributed by atoms with Gasteiger partial charge in [-0.2, -0.15) is 0 Å². The second kappa shape index (κ2) is 8.41. The summed E-state index contributed by atoms with van der Waals surface area (Å²) < 4.78 is 0. The molecule has 19 heavy (non-hydrogen) atoms. The van der Waals surface area contributed by atoms with Gasteiger partial charge in [-0.05, 0) is 43.5 Å². The summed E-state index contributed by atoms with van der Waals surface area (Å²) in [5, 5.41) is 13.3. The first-order chi connectivity index (χ1) is 9.02. The molecule has 1 rings (SSSR count). The molecule has 0 aromatic heterocycles. The Balaban J connectivity index is 2.45. The highest BCUT2D eigenvalue weighted by Gasteiger charge is 2.10. The molecule has 0 saturated carbocycles. The fourth-order valence-electron chi connectivity index (χ4n) is 1.86. The van der Waals surface area contributed by atoms with Crippen molar-refractivity contribution in [2.24, 2.45) is 0 Å². The molecule has 1 aromatic carbocycles. The number of carboxylic acids is 1. The summed E-state index contributed by atoms with van der Waals surface area (Å²) in [6.07, 6.45) is 2.62. The Labute approximate surface area is 123 Å². The summed E-state index contributed by atoms with van der Waals surface area (Å²) in [6.45, 7) is 2.80. The molecule has 2 N–H and O–H groups in total. The molecular weight excluding hydrogens is 285 g/mol. The maximum absolute atomic E-state index is 10.4. The molecule has 3 nitrogen and oxygen atoms in total. The zero-order valence-electron chi connectivity index (χ0n) is 11.0. The Kier molecular flexibility index (Phi) is 7.21. The van der Waals surface area contributed by atoms with E-state index in [9.17, 15) is 4.79 Å². The van der Waals surface area contributed by atoms with Crippen molar-refractivity contribution >= 4 is 29.2 Å². The van der Waals surface area contributed by atoms with Crippen molar-refractivity contribution in [3.05, 3.63) is 33.8 Å². The summed E-state index contributed by atoms with van der Waals surface area (Å²) in [4.78, 5) is 10.4. The molecule has 1 atom stereocenters. The standard InChI is InChI=1S/C14H19Cl2NO2/c1-2-12(17-7-3-4-14(18)19)8-10-5-6-11(15)9-13(10)16/h5-6,9,12,17H,2-4,7-8H2,1H3,(H,18,19). The van der Waals surface area contributed by atoms with Crippen LogP contribution in [0.2, 0.25) is 10.0 Å². The highest BCUT2D eigenvalue weighted by molar-refractivity contribution is 6.35. The molecule has 5 heteroatoms. The van der Waals surface area contributed by atoms with Crippen LogP contribution in [-0.2, 0) is 11.2 Å². The molecule has 0 saturated heterocycles. The predicted molar refractivity (Wildman–Crippen MR) is 79.1 cm³/mol. The molecule has 0 aliphatic heterocycles. The molecule has 1 unspecified atom stereocenters.